The van der Waals surface area contributed by atoms with E-state index in [0.717, 1.165) is 70.6 Å². The molecule has 2 unspecified atom stereocenters. The standard InChI is InChI=1S/C62H111NO8/c1-6-8-10-12-14-16-18-20-22-24-25-26-27-28-29-30-31-32-33-34-35-37-38-40-42-44-46-48-50-52-59(64)69-56-58(57-70-62(61(66)67)68-55-54-63(3,4)5)71-60(65)53-51-49-47-45-43-41-39-36-23-21-19-17-15-13-11-9-7-2/h9,11,15,17-18,20-21,23-25,58,62H,6-8,10,12-14,16,19,22,26-57H2,1-5H3/b11-9-,17-15-,20-18-,23-21-,25-24-. The zero-order valence-electron chi connectivity index (χ0n) is 46.8. The molecule has 9 heteroatoms. The number of allylic oxidation sites excluding steroid dienone is 10. The van der Waals surface area contributed by atoms with Crippen LogP contribution in [-0.2, 0) is 33.3 Å². The second-order valence-corrected chi connectivity index (χ2v) is 20.9. The highest BCUT2D eigenvalue weighted by Gasteiger charge is 2.22. The van der Waals surface area contributed by atoms with Crippen molar-refractivity contribution in [1.82, 2.24) is 0 Å². The summed E-state index contributed by atoms with van der Waals surface area (Å²) in [6, 6.07) is 0. The van der Waals surface area contributed by atoms with Crippen molar-refractivity contribution in [2.45, 2.75) is 270 Å². The number of ether oxygens (including phenoxy) is 4. The molecule has 0 aromatic carbocycles. The number of carboxylic acids is 1. The maximum Gasteiger partial charge on any atom is 0.306 e. The van der Waals surface area contributed by atoms with Crippen molar-refractivity contribution < 1.29 is 42.9 Å². The Labute approximate surface area is 437 Å². The number of carboxylic acid groups (broad SMARTS) is 1. The molecule has 0 aliphatic rings. The molecule has 0 aliphatic carbocycles. The third-order valence-electron chi connectivity index (χ3n) is 12.7. The molecule has 0 heterocycles. The Kier molecular flexibility index (Phi) is 51.0. The van der Waals surface area contributed by atoms with Gasteiger partial charge in [-0.2, -0.15) is 0 Å². The molecule has 0 fully saturated rings. The second kappa shape index (κ2) is 53.3. The lowest BCUT2D eigenvalue weighted by Crippen LogP contribution is -2.44. The van der Waals surface area contributed by atoms with Crippen LogP contribution in [-0.4, -0.2) is 82.3 Å². The second-order valence-electron chi connectivity index (χ2n) is 20.9. The Morgan fingerprint density at radius 2 is 0.803 bits per heavy atom. The van der Waals surface area contributed by atoms with Crippen LogP contribution in [0.1, 0.15) is 258 Å². The Morgan fingerprint density at radius 1 is 0.437 bits per heavy atom. The number of quaternary nitrogens is 1. The van der Waals surface area contributed by atoms with Crippen LogP contribution < -0.4 is 5.11 Å². The molecule has 0 radical (unpaired) electrons. The van der Waals surface area contributed by atoms with Crippen molar-refractivity contribution in [3.05, 3.63) is 60.8 Å². The lowest BCUT2D eigenvalue weighted by atomic mass is 10.0. The largest absolute Gasteiger partial charge is 0.545 e. The van der Waals surface area contributed by atoms with Gasteiger partial charge in [-0.05, 0) is 77.0 Å². The first-order valence-corrected chi connectivity index (χ1v) is 29.4. The average molecular weight is 999 g/mol. The molecule has 9 nitrogen and oxygen atoms in total. The van der Waals surface area contributed by atoms with E-state index in [-0.39, 0.29) is 32.2 Å². The van der Waals surface area contributed by atoms with E-state index in [2.05, 4.69) is 74.6 Å². The molecule has 0 saturated heterocycles. The molecule has 0 saturated carbocycles. The number of hydrogen-bond acceptors (Lipinski definition) is 8. The van der Waals surface area contributed by atoms with E-state index in [9.17, 15) is 19.5 Å². The Bertz CT molecular complexity index is 1350. The van der Waals surface area contributed by atoms with Crippen LogP contribution in [0.15, 0.2) is 60.8 Å². The number of unbranched alkanes of at least 4 members (excludes halogenated alkanes) is 29. The summed E-state index contributed by atoms with van der Waals surface area (Å²) in [5, 5.41) is 11.8. The number of carbonyl (C=O) groups is 3. The normalized spacial score (nSPS) is 13.2. The van der Waals surface area contributed by atoms with E-state index < -0.39 is 24.3 Å². The van der Waals surface area contributed by atoms with Crippen molar-refractivity contribution in [1.29, 1.82) is 0 Å². The van der Waals surface area contributed by atoms with E-state index in [0.29, 0.717) is 23.9 Å². The van der Waals surface area contributed by atoms with Crippen LogP contribution in [0.5, 0.6) is 0 Å². The van der Waals surface area contributed by atoms with Gasteiger partial charge in [0.05, 0.1) is 40.3 Å². The summed E-state index contributed by atoms with van der Waals surface area (Å²) in [7, 11) is 5.92. The molecular formula is C62H111NO8. The fourth-order valence-corrected chi connectivity index (χ4v) is 8.23. The fourth-order valence-electron chi connectivity index (χ4n) is 8.23. The van der Waals surface area contributed by atoms with Gasteiger partial charge in [-0.25, -0.2) is 0 Å². The van der Waals surface area contributed by atoms with Gasteiger partial charge in [0.25, 0.3) is 0 Å². The predicted molar refractivity (Wildman–Crippen MR) is 297 cm³/mol. The molecule has 0 N–H and O–H groups in total. The quantitative estimate of drug-likeness (QED) is 0.0195. The van der Waals surface area contributed by atoms with Gasteiger partial charge in [-0.15, -0.1) is 0 Å². The topological polar surface area (TPSA) is 111 Å². The van der Waals surface area contributed by atoms with Crippen LogP contribution in [0.25, 0.3) is 0 Å². The molecule has 2 atom stereocenters. The van der Waals surface area contributed by atoms with Gasteiger partial charge in [-0.3, -0.25) is 9.59 Å². The zero-order valence-corrected chi connectivity index (χ0v) is 46.8. The first-order chi connectivity index (χ1) is 34.6. The minimum atomic E-state index is -1.62. The van der Waals surface area contributed by atoms with E-state index in [4.69, 9.17) is 18.9 Å². The lowest BCUT2D eigenvalue weighted by Gasteiger charge is -2.26. The summed E-state index contributed by atoms with van der Waals surface area (Å²) in [4.78, 5) is 37.3. The van der Waals surface area contributed by atoms with E-state index in [1.807, 2.05) is 21.1 Å². The predicted octanol–water partition coefficient (Wildman–Crippen LogP) is 15.9. The fraction of sp³-hybridized carbons (Fsp3) is 0.790. The van der Waals surface area contributed by atoms with Crippen molar-refractivity contribution in [3.63, 3.8) is 0 Å². The number of esters is 2. The minimum Gasteiger partial charge on any atom is -0.545 e. The van der Waals surface area contributed by atoms with Crippen LogP contribution in [0.4, 0.5) is 0 Å². The third kappa shape index (κ3) is 54.6. The van der Waals surface area contributed by atoms with Crippen LogP contribution in [0.2, 0.25) is 0 Å². The molecule has 0 rings (SSSR count). The molecule has 0 amide bonds. The maximum absolute atomic E-state index is 12.8. The monoisotopic (exact) mass is 998 g/mol. The number of carbonyl (C=O) groups excluding carboxylic acids is 3. The first kappa shape index (κ1) is 68.0. The van der Waals surface area contributed by atoms with Crippen molar-refractivity contribution >= 4 is 17.9 Å². The van der Waals surface area contributed by atoms with Gasteiger partial charge in [-0.1, -0.05) is 229 Å². The van der Waals surface area contributed by atoms with E-state index in [1.54, 1.807) is 0 Å². The molecule has 0 aliphatic heterocycles. The Balaban J connectivity index is 4.15. The SMILES string of the molecule is CC/C=C\C/C=C\C/C=C\CCCCCCCCCC(=O)OC(COC(=O)CCCCCCCCCCCCCCCCCCC/C=C\C/C=C\CCCCCCC)COC(OCC[N+](C)(C)C)C(=O)[O-]. The highest BCUT2D eigenvalue weighted by Crippen LogP contribution is 2.16. The van der Waals surface area contributed by atoms with Crippen LogP contribution >= 0.6 is 0 Å². The van der Waals surface area contributed by atoms with Gasteiger partial charge in [0.2, 0.25) is 0 Å². The minimum absolute atomic E-state index is 0.144. The Hall–Kier alpha value is -3.01. The average Bonchev–Trinajstić information content (AvgIpc) is 3.34. The molecule has 0 aromatic rings. The molecule has 0 aromatic heterocycles. The molecular weight excluding hydrogens is 887 g/mol. The molecule has 412 valence electrons. The summed E-state index contributed by atoms with van der Waals surface area (Å²) in [6.07, 6.45) is 64.2. The highest BCUT2D eigenvalue weighted by molar-refractivity contribution is 5.70. The molecule has 0 spiro atoms. The summed E-state index contributed by atoms with van der Waals surface area (Å²) in [5.41, 5.74) is 0. The van der Waals surface area contributed by atoms with Gasteiger partial charge in [0.15, 0.2) is 12.4 Å². The van der Waals surface area contributed by atoms with Gasteiger partial charge >= 0.3 is 11.9 Å². The van der Waals surface area contributed by atoms with E-state index in [1.165, 1.54) is 154 Å². The number of rotatable bonds is 54. The van der Waals surface area contributed by atoms with Crippen LogP contribution in [0, 0.1) is 0 Å². The summed E-state index contributed by atoms with van der Waals surface area (Å²) in [5.74, 6) is -2.29. The summed E-state index contributed by atoms with van der Waals surface area (Å²) >= 11 is 0. The third-order valence-corrected chi connectivity index (χ3v) is 12.7. The molecule has 0 bridgehead atoms. The van der Waals surface area contributed by atoms with Crippen molar-refractivity contribution in [2.75, 3.05) is 47.5 Å². The number of hydrogen-bond donors (Lipinski definition) is 0. The Morgan fingerprint density at radius 3 is 1.20 bits per heavy atom. The van der Waals surface area contributed by atoms with Gasteiger partial charge in [0.1, 0.15) is 13.2 Å². The summed E-state index contributed by atoms with van der Waals surface area (Å²) < 4.78 is 22.7. The highest BCUT2D eigenvalue weighted by atomic mass is 16.7. The van der Waals surface area contributed by atoms with Gasteiger partial charge in [0, 0.05) is 12.8 Å². The number of nitrogens with zero attached hydrogens (tertiary/aromatic N) is 1. The number of aliphatic carboxylic acids is 1. The smallest absolute Gasteiger partial charge is 0.306 e. The van der Waals surface area contributed by atoms with Crippen molar-refractivity contribution in [3.8, 4) is 0 Å². The van der Waals surface area contributed by atoms with E-state index >= 15 is 0 Å². The zero-order chi connectivity index (χ0) is 52.0. The van der Waals surface area contributed by atoms with Crippen molar-refractivity contribution in [2.24, 2.45) is 0 Å². The first-order valence-electron chi connectivity index (χ1n) is 29.4. The summed E-state index contributed by atoms with van der Waals surface area (Å²) in [6.45, 7) is 4.63. The number of likely N-dealkylation sites (N-methyl/N-ethyl adjacent to an activating group) is 1. The lowest BCUT2D eigenvalue weighted by molar-refractivity contribution is -0.870. The maximum atomic E-state index is 12.8. The van der Waals surface area contributed by atoms with Crippen LogP contribution in [0.3, 0.4) is 0 Å². The van der Waals surface area contributed by atoms with Gasteiger partial charge < -0.3 is 33.3 Å². The molecule has 71 heavy (non-hydrogen) atoms.